The number of carbonyl (C=O) groups is 2. The van der Waals surface area contributed by atoms with Crippen molar-refractivity contribution in [1.29, 1.82) is 0 Å². The molecule has 0 saturated carbocycles. The first-order valence-electron chi connectivity index (χ1n) is 11.9. The molecule has 0 fully saturated rings. The summed E-state index contributed by atoms with van der Waals surface area (Å²) in [4.78, 5) is 27.3. The zero-order valence-electron chi connectivity index (χ0n) is 19.6. The lowest BCUT2D eigenvalue weighted by atomic mass is 9.89. The maximum Gasteiger partial charge on any atom is 0.326 e. The van der Waals surface area contributed by atoms with Crippen LogP contribution in [0.5, 0.6) is 0 Å². The molecular weight excluding hydrogens is 455 g/mol. The number of hydrogen-bond acceptors (Lipinski definition) is 2. The lowest BCUT2D eigenvalue weighted by Gasteiger charge is -2.35. The summed E-state index contributed by atoms with van der Waals surface area (Å²) in [6.45, 7) is 4.55. The highest BCUT2D eigenvalue weighted by Gasteiger charge is 2.33. The minimum Gasteiger partial charge on any atom is -0.480 e. The first-order chi connectivity index (χ1) is 16.3. The number of amides is 1. The van der Waals surface area contributed by atoms with Gasteiger partial charge in [0.25, 0.3) is 0 Å². The van der Waals surface area contributed by atoms with Crippen LogP contribution in [0.25, 0.3) is 10.9 Å². The van der Waals surface area contributed by atoms with Gasteiger partial charge in [0, 0.05) is 34.2 Å². The molecule has 1 aliphatic carbocycles. The van der Waals surface area contributed by atoms with Gasteiger partial charge in [-0.05, 0) is 73.6 Å². The number of nitrogens with zero attached hydrogens (tertiary/aromatic N) is 2. The van der Waals surface area contributed by atoms with E-state index in [1.165, 1.54) is 12.1 Å². The van der Waals surface area contributed by atoms with Crippen LogP contribution in [0.15, 0.2) is 42.5 Å². The Kier molecular flexibility index (Phi) is 7.27. The van der Waals surface area contributed by atoms with E-state index in [2.05, 4.69) is 6.92 Å². The predicted octanol–water partition coefficient (Wildman–Crippen LogP) is 5.81. The summed E-state index contributed by atoms with van der Waals surface area (Å²) < 4.78 is 16.1. The van der Waals surface area contributed by atoms with Crippen molar-refractivity contribution in [3.63, 3.8) is 0 Å². The van der Waals surface area contributed by atoms with Crippen molar-refractivity contribution >= 4 is 34.4 Å². The van der Waals surface area contributed by atoms with Gasteiger partial charge in [0.1, 0.15) is 11.9 Å². The SMILES string of the molecule is CCCN(C(=O)Cc1ccc(Cl)cc1)[C@H]1CCc2c(c3cc(F)ccc3n2C(CC)C(=O)O)C1. The van der Waals surface area contributed by atoms with E-state index in [0.29, 0.717) is 37.3 Å². The molecule has 1 unspecified atom stereocenters. The summed E-state index contributed by atoms with van der Waals surface area (Å²) in [7, 11) is 0. The van der Waals surface area contributed by atoms with E-state index in [4.69, 9.17) is 11.6 Å². The molecule has 1 heterocycles. The number of rotatable bonds is 8. The Balaban J connectivity index is 1.69. The van der Waals surface area contributed by atoms with E-state index in [0.717, 1.165) is 40.6 Å². The fraction of sp³-hybridized carbons (Fsp3) is 0.407. The second-order valence-corrected chi connectivity index (χ2v) is 9.44. The molecule has 34 heavy (non-hydrogen) atoms. The summed E-state index contributed by atoms with van der Waals surface area (Å²) in [6, 6.07) is 11.2. The highest BCUT2D eigenvalue weighted by atomic mass is 35.5. The van der Waals surface area contributed by atoms with E-state index in [1.807, 2.05) is 28.5 Å². The molecule has 1 aliphatic rings. The van der Waals surface area contributed by atoms with Crippen LogP contribution in [0.2, 0.25) is 5.02 Å². The molecule has 4 rings (SSSR count). The number of benzene rings is 2. The van der Waals surface area contributed by atoms with Crippen molar-refractivity contribution in [2.45, 2.75) is 64.5 Å². The molecule has 0 bridgehead atoms. The van der Waals surface area contributed by atoms with Crippen molar-refractivity contribution in [2.75, 3.05) is 6.54 Å². The second-order valence-electron chi connectivity index (χ2n) is 9.01. The highest BCUT2D eigenvalue weighted by Crippen LogP contribution is 2.37. The van der Waals surface area contributed by atoms with E-state index in [-0.39, 0.29) is 17.8 Å². The van der Waals surface area contributed by atoms with Crippen molar-refractivity contribution < 1.29 is 19.1 Å². The Bertz CT molecular complexity index is 1200. The molecule has 1 amide bonds. The van der Waals surface area contributed by atoms with E-state index in [9.17, 15) is 19.1 Å². The Morgan fingerprint density at radius 2 is 1.94 bits per heavy atom. The topological polar surface area (TPSA) is 62.5 Å². The van der Waals surface area contributed by atoms with Gasteiger partial charge in [-0.1, -0.05) is 37.6 Å². The third-order valence-corrected chi connectivity index (χ3v) is 7.07. The predicted molar refractivity (Wildman–Crippen MR) is 132 cm³/mol. The van der Waals surface area contributed by atoms with Gasteiger partial charge in [0.2, 0.25) is 5.91 Å². The number of hydrogen-bond donors (Lipinski definition) is 1. The van der Waals surface area contributed by atoms with Crippen molar-refractivity contribution in [1.82, 2.24) is 9.47 Å². The maximum atomic E-state index is 14.2. The fourth-order valence-electron chi connectivity index (χ4n) is 5.27. The van der Waals surface area contributed by atoms with Gasteiger partial charge in [-0.15, -0.1) is 0 Å². The molecule has 2 atom stereocenters. The van der Waals surface area contributed by atoms with Gasteiger partial charge in [0.05, 0.1) is 6.42 Å². The molecule has 3 aromatic rings. The maximum absolute atomic E-state index is 14.2. The molecule has 0 aliphatic heterocycles. The lowest BCUT2D eigenvalue weighted by molar-refractivity contribution is -0.141. The smallest absolute Gasteiger partial charge is 0.326 e. The number of halogens is 2. The van der Waals surface area contributed by atoms with E-state index >= 15 is 0 Å². The number of fused-ring (bicyclic) bond motifs is 3. The van der Waals surface area contributed by atoms with Gasteiger partial charge in [-0.25, -0.2) is 9.18 Å². The summed E-state index contributed by atoms with van der Waals surface area (Å²) in [5.41, 5.74) is 3.58. The number of carboxylic acids is 1. The summed E-state index contributed by atoms with van der Waals surface area (Å²) in [5.74, 6) is -1.17. The second kappa shape index (κ2) is 10.2. The number of carboxylic acid groups (broad SMARTS) is 1. The quantitative estimate of drug-likeness (QED) is 0.439. The third kappa shape index (κ3) is 4.69. The molecule has 1 aromatic heterocycles. The Morgan fingerprint density at radius 1 is 1.21 bits per heavy atom. The van der Waals surface area contributed by atoms with Crippen LogP contribution in [0.1, 0.15) is 56.0 Å². The fourth-order valence-corrected chi connectivity index (χ4v) is 5.39. The molecule has 180 valence electrons. The molecule has 5 nitrogen and oxygen atoms in total. The number of aliphatic carboxylic acids is 1. The number of carbonyl (C=O) groups excluding carboxylic acids is 1. The van der Waals surface area contributed by atoms with Crippen LogP contribution in [0.4, 0.5) is 4.39 Å². The van der Waals surface area contributed by atoms with E-state index < -0.39 is 12.0 Å². The Hall–Kier alpha value is -2.86. The van der Waals surface area contributed by atoms with Gasteiger partial charge in [-0.3, -0.25) is 4.79 Å². The Morgan fingerprint density at radius 3 is 2.59 bits per heavy atom. The van der Waals surface area contributed by atoms with Crippen LogP contribution in [0, 0.1) is 5.82 Å². The average molecular weight is 485 g/mol. The molecule has 1 N–H and O–H groups in total. The van der Waals surface area contributed by atoms with Crippen molar-refractivity contribution in [2.24, 2.45) is 0 Å². The van der Waals surface area contributed by atoms with Crippen LogP contribution < -0.4 is 0 Å². The van der Waals surface area contributed by atoms with Crippen molar-refractivity contribution in [3.8, 4) is 0 Å². The molecule has 0 spiro atoms. The minimum atomic E-state index is -0.889. The van der Waals surface area contributed by atoms with Gasteiger partial charge in [-0.2, -0.15) is 0 Å². The normalized spacial score (nSPS) is 16.3. The zero-order chi connectivity index (χ0) is 24.4. The molecule has 0 saturated heterocycles. The summed E-state index contributed by atoms with van der Waals surface area (Å²) in [6.07, 6.45) is 3.55. The van der Waals surface area contributed by atoms with Crippen LogP contribution >= 0.6 is 11.6 Å². The molecule has 2 aromatic carbocycles. The lowest BCUT2D eigenvalue weighted by Crippen LogP contribution is -2.44. The average Bonchev–Trinajstić information content (AvgIpc) is 3.12. The van der Waals surface area contributed by atoms with Crippen molar-refractivity contribution in [3.05, 3.63) is 70.1 Å². The van der Waals surface area contributed by atoms with Crippen LogP contribution in [-0.2, 0) is 28.9 Å². The van der Waals surface area contributed by atoms with Gasteiger partial charge in [0.15, 0.2) is 0 Å². The highest BCUT2D eigenvalue weighted by molar-refractivity contribution is 6.30. The monoisotopic (exact) mass is 484 g/mol. The number of aromatic nitrogens is 1. The first-order valence-corrected chi connectivity index (χ1v) is 12.3. The largest absolute Gasteiger partial charge is 0.480 e. The standard InChI is InChI=1S/C27H30ClFN2O3/c1-3-13-30(26(32)14-17-5-7-18(28)8-6-17)20-10-12-25-22(16-20)21-15-19(29)9-11-24(21)31(25)23(4-2)27(33)34/h5-9,11,15,20,23H,3-4,10,12-14,16H2,1-2H3,(H,33,34)/t20-,23?/m0/s1. The van der Waals surface area contributed by atoms with Crippen LogP contribution in [-0.4, -0.2) is 39.0 Å². The summed E-state index contributed by atoms with van der Waals surface area (Å²) in [5, 5.41) is 11.2. The van der Waals surface area contributed by atoms with E-state index in [1.54, 1.807) is 18.2 Å². The Labute approximate surface area is 204 Å². The van der Waals surface area contributed by atoms with Gasteiger partial charge >= 0.3 is 5.97 Å². The molecular formula is C27H30ClFN2O3. The molecule has 0 radical (unpaired) electrons. The zero-order valence-corrected chi connectivity index (χ0v) is 20.3. The van der Waals surface area contributed by atoms with Gasteiger partial charge < -0.3 is 14.6 Å². The summed E-state index contributed by atoms with van der Waals surface area (Å²) >= 11 is 5.98. The third-order valence-electron chi connectivity index (χ3n) is 6.81. The van der Waals surface area contributed by atoms with Crippen LogP contribution in [0.3, 0.4) is 0 Å². The molecule has 7 heteroatoms. The minimum absolute atomic E-state index is 0.0144. The first kappa shape index (κ1) is 24.3.